The van der Waals surface area contributed by atoms with Gasteiger partial charge in [-0.05, 0) is 5.56 Å². The van der Waals surface area contributed by atoms with Gasteiger partial charge in [0.25, 0.3) is 0 Å². The number of rotatable bonds is 2. The molecule has 2 rings (SSSR count). The molecule has 0 fully saturated rings. The van der Waals surface area contributed by atoms with Crippen molar-refractivity contribution in [1.82, 2.24) is 0 Å². The monoisotopic (exact) mass is 334 g/mol. The molecule has 0 nitrogen and oxygen atoms in total. The minimum absolute atomic E-state index is 0. The first kappa shape index (κ1) is 13.1. The molecule has 1 radical (unpaired) electrons. The second kappa shape index (κ2) is 6.57. The first-order valence-corrected chi connectivity index (χ1v) is 5.64. The Labute approximate surface area is 124 Å². The average molecular weight is 335 g/mol. The van der Waals surface area contributed by atoms with Gasteiger partial charge in [0, 0.05) is 38.0 Å². The summed E-state index contributed by atoms with van der Waals surface area (Å²) in [6.45, 7) is 0. The van der Waals surface area contributed by atoms with Crippen LogP contribution in [0.5, 0.6) is 0 Å². The van der Waals surface area contributed by atoms with Crippen LogP contribution in [-0.2, 0) is 38.0 Å². The van der Waals surface area contributed by atoms with Crippen LogP contribution in [0, 0.1) is 6.07 Å². The largest absolute Gasteiger partial charge is 0.147 e. The smallest absolute Gasteiger partial charge is 0.0282 e. The number of hydrogen-bond donors (Lipinski definition) is 0. The maximum atomic E-state index is 3.43. The van der Waals surface area contributed by atoms with Gasteiger partial charge in [0.1, 0.15) is 0 Å². The summed E-state index contributed by atoms with van der Waals surface area (Å²) in [5.41, 5.74) is 3.66. The van der Waals surface area contributed by atoms with E-state index in [0.29, 0.717) is 0 Å². The molecule has 73 valence electrons. The summed E-state index contributed by atoms with van der Waals surface area (Å²) in [5.74, 6) is 0. The molecule has 0 aromatic heterocycles. The summed E-state index contributed by atoms with van der Waals surface area (Å²) < 4.78 is 0. The molecule has 0 saturated carbocycles. The Balaban J connectivity index is 0.00000112. The van der Waals surface area contributed by atoms with Gasteiger partial charge in [0.05, 0.1) is 0 Å². The fraction of sp³-hybridized carbons (Fsp3) is 0.0769. The summed E-state index contributed by atoms with van der Waals surface area (Å²) >= 11 is 3.43. The van der Waals surface area contributed by atoms with Gasteiger partial charge in [-0.15, -0.1) is 35.9 Å². The minimum Gasteiger partial charge on any atom is -0.147 e. The summed E-state index contributed by atoms with van der Waals surface area (Å²) in [4.78, 5) is 0. The summed E-state index contributed by atoms with van der Waals surface area (Å²) in [7, 11) is 0. The van der Waals surface area contributed by atoms with Gasteiger partial charge in [-0.1, -0.05) is 45.8 Å². The summed E-state index contributed by atoms with van der Waals surface area (Å²) in [6.07, 6.45) is 0. The molecule has 2 aromatic carbocycles. The van der Waals surface area contributed by atoms with Crippen molar-refractivity contribution in [2.45, 2.75) is 5.33 Å². The zero-order valence-electron chi connectivity index (χ0n) is 8.28. The predicted octanol–water partition coefficient (Wildman–Crippen LogP) is 4.05. The fourth-order valence-electron chi connectivity index (χ4n) is 1.35. The van der Waals surface area contributed by atoms with Crippen LogP contribution >= 0.6 is 15.9 Å². The molecule has 0 aliphatic carbocycles. The third kappa shape index (κ3) is 3.51. The van der Waals surface area contributed by atoms with Crippen molar-refractivity contribution in [2.75, 3.05) is 0 Å². The van der Waals surface area contributed by atoms with E-state index in [0.717, 1.165) is 10.9 Å². The van der Waals surface area contributed by atoms with E-state index >= 15 is 0 Å². The quantitative estimate of drug-likeness (QED) is 0.574. The summed E-state index contributed by atoms with van der Waals surface area (Å²) in [5, 5.41) is 0.909. The molecule has 0 aliphatic heterocycles. The van der Waals surface area contributed by atoms with Gasteiger partial charge in [-0.3, -0.25) is 0 Å². The second-order valence-corrected chi connectivity index (χ2v) is 3.67. The normalized spacial score (nSPS) is 9.40. The van der Waals surface area contributed by atoms with E-state index in [1.54, 1.807) is 0 Å². The maximum absolute atomic E-state index is 3.43. The predicted molar refractivity (Wildman–Crippen MR) is 63.3 cm³/mol. The minimum atomic E-state index is 0. The van der Waals surface area contributed by atoms with Crippen LogP contribution in [0.2, 0.25) is 0 Å². The molecule has 0 atom stereocenters. The number of benzene rings is 2. The topological polar surface area (TPSA) is 0 Å². The first-order valence-electron chi connectivity index (χ1n) is 4.52. The Morgan fingerprint density at radius 3 is 2.27 bits per heavy atom. The van der Waals surface area contributed by atoms with E-state index in [1.165, 1.54) is 11.1 Å². The van der Waals surface area contributed by atoms with Crippen molar-refractivity contribution < 1.29 is 32.7 Å². The van der Waals surface area contributed by atoms with E-state index in [1.807, 2.05) is 18.2 Å². The van der Waals surface area contributed by atoms with Crippen molar-refractivity contribution >= 4 is 15.9 Å². The molecular formula is C13H10BrY-. The Hall–Kier alpha value is 0.0239. The first-order chi connectivity index (χ1) is 6.90. The Morgan fingerprint density at radius 2 is 1.73 bits per heavy atom. The third-order valence-corrected chi connectivity index (χ3v) is 2.78. The van der Waals surface area contributed by atoms with Crippen molar-refractivity contribution in [3.05, 3.63) is 60.2 Å². The number of hydrogen-bond acceptors (Lipinski definition) is 0. The van der Waals surface area contributed by atoms with Gasteiger partial charge in [0.15, 0.2) is 0 Å². The molecule has 0 amide bonds. The SMILES string of the molecule is BrCc1ccc(-c2[c-]cccc2)cc1.[Y]. The van der Waals surface area contributed by atoms with E-state index < -0.39 is 0 Å². The van der Waals surface area contributed by atoms with Crippen LogP contribution in [-0.4, -0.2) is 0 Å². The molecule has 0 aliphatic rings. The molecule has 2 heteroatoms. The van der Waals surface area contributed by atoms with Gasteiger partial charge >= 0.3 is 0 Å². The Morgan fingerprint density at radius 1 is 1.00 bits per heavy atom. The van der Waals surface area contributed by atoms with Crippen LogP contribution in [0.3, 0.4) is 0 Å². The molecule has 0 N–H and O–H groups in total. The van der Waals surface area contributed by atoms with Crippen molar-refractivity contribution in [1.29, 1.82) is 0 Å². The molecule has 0 bridgehead atoms. The van der Waals surface area contributed by atoms with E-state index in [-0.39, 0.29) is 32.7 Å². The average Bonchev–Trinajstić information content (AvgIpc) is 2.30. The van der Waals surface area contributed by atoms with Crippen LogP contribution in [0.15, 0.2) is 48.5 Å². The third-order valence-electron chi connectivity index (χ3n) is 2.13. The van der Waals surface area contributed by atoms with Crippen LogP contribution < -0.4 is 0 Å². The van der Waals surface area contributed by atoms with E-state index in [4.69, 9.17) is 0 Å². The van der Waals surface area contributed by atoms with Crippen LogP contribution in [0.1, 0.15) is 5.56 Å². The Bertz CT molecular complexity index is 395. The maximum Gasteiger partial charge on any atom is 0.0282 e. The summed E-state index contributed by atoms with van der Waals surface area (Å²) in [6, 6.07) is 19.8. The molecule has 0 saturated heterocycles. The zero-order chi connectivity index (χ0) is 9.80. The fourth-order valence-corrected chi connectivity index (χ4v) is 1.72. The van der Waals surface area contributed by atoms with Gasteiger partial charge < -0.3 is 0 Å². The van der Waals surface area contributed by atoms with Crippen molar-refractivity contribution in [3.8, 4) is 11.1 Å². The van der Waals surface area contributed by atoms with Crippen molar-refractivity contribution in [2.24, 2.45) is 0 Å². The molecule has 0 heterocycles. The van der Waals surface area contributed by atoms with Gasteiger partial charge in [-0.25, -0.2) is 0 Å². The number of halogens is 1. The zero-order valence-corrected chi connectivity index (χ0v) is 12.7. The van der Waals surface area contributed by atoms with E-state index in [9.17, 15) is 0 Å². The molecule has 2 aromatic rings. The second-order valence-electron chi connectivity index (χ2n) is 3.11. The van der Waals surface area contributed by atoms with Crippen LogP contribution in [0.4, 0.5) is 0 Å². The van der Waals surface area contributed by atoms with Gasteiger partial charge in [-0.2, -0.15) is 0 Å². The van der Waals surface area contributed by atoms with E-state index in [2.05, 4.69) is 52.3 Å². The molecule has 0 spiro atoms. The molecular weight excluding hydrogens is 325 g/mol. The van der Waals surface area contributed by atoms with Crippen LogP contribution in [0.25, 0.3) is 11.1 Å². The number of alkyl halides is 1. The molecule has 0 unspecified atom stereocenters. The standard InChI is InChI=1S/C13H10Br.Y/c14-10-11-6-8-13(9-7-11)12-4-2-1-3-5-12;/h1-4,6-9H,10H2;/q-1;. The van der Waals surface area contributed by atoms with Gasteiger partial charge in [0.2, 0.25) is 0 Å². The molecule has 15 heavy (non-hydrogen) atoms. The Kier molecular flexibility index (Phi) is 5.74. The van der Waals surface area contributed by atoms with Crippen molar-refractivity contribution in [3.63, 3.8) is 0 Å².